The lowest BCUT2D eigenvalue weighted by atomic mass is 9.98. The molecule has 2 rings (SSSR count). The number of ether oxygens (including phenoxy) is 1. The lowest BCUT2D eigenvalue weighted by molar-refractivity contribution is 0.155. The first-order valence-electron chi connectivity index (χ1n) is 7.90. The van der Waals surface area contributed by atoms with Crippen LogP contribution in [0.4, 0.5) is 0 Å². The lowest BCUT2D eigenvalue weighted by Gasteiger charge is -2.31. The van der Waals surface area contributed by atoms with E-state index in [0.29, 0.717) is 6.04 Å². The zero-order valence-corrected chi connectivity index (χ0v) is 12.2. The molecular weight excluding hydrogens is 224 g/mol. The number of hydrogen-bond donors (Lipinski definition) is 1. The Kier molecular flexibility index (Phi) is 5.93. The van der Waals surface area contributed by atoms with Crippen LogP contribution < -0.4 is 5.32 Å². The van der Waals surface area contributed by atoms with Crippen LogP contribution in [0.25, 0.3) is 0 Å². The monoisotopic (exact) mass is 254 g/mol. The van der Waals surface area contributed by atoms with Crippen molar-refractivity contribution in [2.75, 3.05) is 32.8 Å². The van der Waals surface area contributed by atoms with Gasteiger partial charge in [0.15, 0.2) is 0 Å². The molecule has 3 nitrogen and oxygen atoms in total. The summed E-state index contributed by atoms with van der Waals surface area (Å²) in [7, 11) is 0. The van der Waals surface area contributed by atoms with Gasteiger partial charge in [-0.05, 0) is 45.2 Å². The van der Waals surface area contributed by atoms with Crippen LogP contribution in [0.15, 0.2) is 0 Å². The molecule has 0 amide bonds. The maximum absolute atomic E-state index is 5.58. The summed E-state index contributed by atoms with van der Waals surface area (Å²) < 4.78 is 5.58. The fourth-order valence-electron chi connectivity index (χ4n) is 3.43. The van der Waals surface area contributed by atoms with E-state index >= 15 is 0 Å². The van der Waals surface area contributed by atoms with Crippen LogP contribution in [0.2, 0.25) is 0 Å². The van der Waals surface area contributed by atoms with Gasteiger partial charge in [0.05, 0.1) is 6.61 Å². The van der Waals surface area contributed by atoms with Gasteiger partial charge < -0.3 is 10.1 Å². The van der Waals surface area contributed by atoms with Crippen LogP contribution in [0.3, 0.4) is 0 Å². The molecule has 3 unspecified atom stereocenters. The van der Waals surface area contributed by atoms with E-state index in [0.717, 1.165) is 31.7 Å². The van der Waals surface area contributed by atoms with E-state index in [-0.39, 0.29) is 0 Å². The van der Waals surface area contributed by atoms with Crippen molar-refractivity contribution in [1.29, 1.82) is 0 Å². The molecule has 0 aromatic rings. The number of nitrogens with zero attached hydrogens (tertiary/aromatic N) is 1. The van der Waals surface area contributed by atoms with Crippen molar-refractivity contribution in [2.24, 2.45) is 5.92 Å². The minimum atomic E-state index is 0.639. The largest absolute Gasteiger partial charge is 0.381 e. The average molecular weight is 254 g/mol. The quantitative estimate of drug-likeness (QED) is 0.754. The predicted octanol–water partition coefficient (Wildman–Crippen LogP) is 2.27. The van der Waals surface area contributed by atoms with Crippen molar-refractivity contribution >= 4 is 0 Å². The standard InChI is InChI=1S/C15H30N2O/c1-3-8-16-15(13-7-10-18-12-13)11-17-9-5-6-14(17)4-2/h13-16H,3-12H2,1-2H3. The number of rotatable bonds is 7. The maximum Gasteiger partial charge on any atom is 0.0510 e. The van der Waals surface area contributed by atoms with E-state index in [1.54, 1.807) is 0 Å². The Hall–Kier alpha value is -0.120. The number of hydrogen-bond acceptors (Lipinski definition) is 3. The molecule has 0 aromatic carbocycles. The fourth-order valence-corrected chi connectivity index (χ4v) is 3.43. The zero-order chi connectivity index (χ0) is 12.8. The van der Waals surface area contributed by atoms with Crippen LogP contribution in [0.5, 0.6) is 0 Å². The molecule has 106 valence electrons. The highest BCUT2D eigenvalue weighted by molar-refractivity contribution is 4.87. The van der Waals surface area contributed by atoms with Crippen molar-refractivity contribution in [3.05, 3.63) is 0 Å². The molecule has 2 aliphatic heterocycles. The Morgan fingerprint density at radius 3 is 2.89 bits per heavy atom. The molecule has 3 atom stereocenters. The normalized spacial score (nSPS) is 31.0. The summed E-state index contributed by atoms with van der Waals surface area (Å²) >= 11 is 0. The highest BCUT2D eigenvalue weighted by Gasteiger charge is 2.30. The maximum atomic E-state index is 5.58. The Labute approximate surface area is 112 Å². The van der Waals surface area contributed by atoms with Crippen LogP contribution in [0, 0.1) is 5.92 Å². The summed E-state index contributed by atoms with van der Waals surface area (Å²) in [5.74, 6) is 0.731. The van der Waals surface area contributed by atoms with E-state index in [1.807, 2.05) is 0 Å². The van der Waals surface area contributed by atoms with Gasteiger partial charge in [0.25, 0.3) is 0 Å². The van der Waals surface area contributed by atoms with Gasteiger partial charge in [-0.2, -0.15) is 0 Å². The fraction of sp³-hybridized carbons (Fsp3) is 1.00. The van der Waals surface area contributed by atoms with Gasteiger partial charge in [0, 0.05) is 31.2 Å². The first-order valence-corrected chi connectivity index (χ1v) is 7.90. The molecular formula is C15H30N2O. The molecule has 0 saturated carbocycles. The van der Waals surface area contributed by atoms with Crippen molar-refractivity contribution in [1.82, 2.24) is 10.2 Å². The van der Waals surface area contributed by atoms with Crippen LogP contribution in [-0.2, 0) is 4.74 Å². The third kappa shape index (κ3) is 3.69. The molecule has 1 N–H and O–H groups in total. The minimum Gasteiger partial charge on any atom is -0.381 e. The van der Waals surface area contributed by atoms with E-state index in [2.05, 4.69) is 24.1 Å². The lowest BCUT2D eigenvalue weighted by Crippen LogP contribution is -2.47. The SMILES string of the molecule is CCCNC(CN1CCCC1CC)C1CCOC1. The molecule has 2 aliphatic rings. The van der Waals surface area contributed by atoms with E-state index in [4.69, 9.17) is 4.74 Å². The number of likely N-dealkylation sites (tertiary alicyclic amines) is 1. The van der Waals surface area contributed by atoms with E-state index < -0.39 is 0 Å². The molecule has 0 spiro atoms. The van der Waals surface area contributed by atoms with Crippen LogP contribution >= 0.6 is 0 Å². The van der Waals surface area contributed by atoms with Gasteiger partial charge >= 0.3 is 0 Å². The Balaban J connectivity index is 1.86. The first kappa shape index (κ1) is 14.3. The molecule has 0 radical (unpaired) electrons. The number of nitrogens with one attached hydrogen (secondary N) is 1. The van der Waals surface area contributed by atoms with Gasteiger partial charge in [-0.15, -0.1) is 0 Å². The van der Waals surface area contributed by atoms with Crippen molar-refractivity contribution in [3.8, 4) is 0 Å². The second kappa shape index (κ2) is 7.46. The molecule has 0 bridgehead atoms. The summed E-state index contributed by atoms with van der Waals surface area (Å²) in [5, 5.41) is 3.76. The Morgan fingerprint density at radius 1 is 1.33 bits per heavy atom. The Morgan fingerprint density at radius 2 is 2.22 bits per heavy atom. The van der Waals surface area contributed by atoms with Gasteiger partial charge in [-0.25, -0.2) is 0 Å². The van der Waals surface area contributed by atoms with Crippen molar-refractivity contribution in [2.45, 2.75) is 58.0 Å². The third-order valence-electron chi connectivity index (χ3n) is 4.59. The average Bonchev–Trinajstić information content (AvgIpc) is 3.04. The van der Waals surface area contributed by atoms with E-state index in [1.165, 1.54) is 45.2 Å². The molecule has 0 aromatic heterocycles. The second-order valence-electron chi connectivity index (χ2n) is 5.88. The first-order chi connectivity index (χ1) is 8.85. The molecule has 18 heavy (non-hydrogen) atoms. The summed E-state index contributed by atoms with van der Waals surface area (Å²) in [6, 6.07) is 1.47. The molecule has 2 saturated heterocycles. The molecule has 3 heteroatoms. The summed E-state index contributed by atoms with van der Waals surface area (Å²) in [6.07, 6.45) is 6.56. The van der Waals surface area contributed by atoms with Crippen molar-refractivity contribution < 1.29 is 4.74 Å². The van der Waals surface area contributed by atoms with Crippen LogP contribution in [0.1, 0.15) is 46.0 Å². The van der Waals surface area contributed by atoms with Gasteiger partial charge in [0.2, 0.25) is 0 Å². The van der Waals surface area contributed by atoms with Gasteiger partial charge in [0.1, 0.15) is 0 Å². The van der Waals surface area contributed by atoms with Crippen molar-refractivity contribution in [3.63, 3.8) is 0 Å². The van der Waals surface area contributed by atoms with Gasteiger partial charge in [-0.1, -0.05) is 13.8 Å². The van der Waals surface area contributed by atoms with Crippen LogP contribution in [-0.4, -0.2) is 49.8 Å². The summed E-state index contributed by atoms with van der Waals surface area (Å²) in [6.45, 7) is 10.2. The predicted molar refractivity (Wildman–Crippen MR) is 75.9 cm³/mol. The van der Waals surface area contributed by atoms with E-state index in [9.17, 15) is 0 Å². The molecule has 0 aliphatic carbocycles. The highest BCUT2D eigenvalue weighted by Crippen LogP contribution is 2.23. The highest BCUT2D eigenvalue weighted by atomic mass is 16.5. The zero-order valence-electron chi connectivity index (χ0n) is 12.2. The summed E-state index contributed by atoms with van der Waals surface area (Å²) in [5.41, 5.74) is 0. The Bertz CT molecular complexity index is 229. The smallest absolute Gasteiger partial charge is 0.0510 e. The molecule has 2 heterocycles. The molecule has 2 fully saturated rings. The second-order valence-corrected chi connectivity index (χ2v) is 5.88. The third-order valence-corrected chi connectivity index (χ3v) is 4.59. The summed E-state index contributed by atoms with van der Waals surface area (Å²) in [4.78, 5) is 2.71. The minimum absolute atomic E-state index is 0.639. The van der Waals surface area contributed by atoms with Gasteiger partial charge in [-0.3, -0.25) is 4.90 Å². The topological polar surface area (TPSA) is 24.5 Å².